The first kappa shape index (κ1) is 26.6. The van der Waals surface area contributed by atoms with Crippen LogP contribution in [0.2, 0.25) is 0 Å². The van der Waals surface area contributed by atoms with E-state index in [0.717, 1.165) is 31.3 Å². The molecule has 0 aliphatic heterocycles. The maximum Gasteiger partial charge on any atom is 0.310 e. The molecule has 5 aliphatic carbocycles. The lowest BCUT2D eigenvalue weighted by molar-refractivity contribution is -0.245. The van der Waals surface area contributed by atoms with Crippen molar-refractivity contribution < 1.29 is 30.3 Å². The maximum absolute atomic E-state index is 12.8. The smallest absolute Gasteiger partial charge is 0.310 e. The van der Waals surface area contributed by atoms with Crippen LogP contribution in [-0.2, 0) is 4.79 Å². The number of aliphatic carboxylic acids is 1. The number of allylic oxidation sites excluding steroid dienone is 1. The Morgan fingerprint density at radius 3 is 2.17 bits per heavy atom. The van der Waals surface area contributed by atoms with E-state index in [9.17, 15) is 30.3 Å². The molecule has 0 unspecified atom stereocenters. The number of carboxylic acids is 1. The van der Waals surface area contributed by atoms with Crippen molar-refractivity contribution in [2.75, 3.05) is 6.61 Å². The molecule has 36 heavy (non-hydrogen) atoms. The van der Waals surface area contributed by atoms with Crippen LogP contribution in [-0.4, -0.2) is 56.4 Å². The van der Waals surface area contributed by atoms with Gasteiger partial charge in [-0.15, -0.1) is 0 Å². The number of hydrogen-bond acceptors (Lipinski definition) is 5. The van der Waals surface area contributed by atoms with Gasteiger partial charge in [0.1, 0.15) is 0 Å². The molecule has 0 amide bonds. The zero-order chi connectivity index (χ0) is 26.7. The van der Waals surface area contributed by atoms with Gasteiger partial charge in [0.15, 0.2) is 0 Å². The van der Waals surface area contributed by atoms with Gasteiger partial charge in [0.05, 0.1) is 30.3 Å². The van der Waals surface area contributed by atoms with Gasteiger partial charge in [-0.25, -0.2) is 0 Å². The van der Waals surface area contributed by atoms with Crippen LogP contribution in [0.3, 0.4) is 0 Å². The summed E-state index contributed by atoms with van der Waals surface area (Å²) in [6.45, 7) is 12.9. The van der Waals surface area contributed by atoms with Crippen LogP contribution in [0.15, 0.2) is 11.6 Å². The summed E-state index contributed by atoms with van der Waals surface area (Å²) in [6, 6.07) is 0. The predicted octanol–water partition coefficient (Wildman–Crippen LogP) is 4.15. The summed E-state index contributed by atoms with van der Waals surface area (Å²) >= 11 is 0. The number of rotatable bonds is 2. The second-order valence-corrected chi connectivity index (χ2v) is 15.0. The minimum Gasteiger partial charge on any atom is -0.481 e. The molecule has 0 heterocycles. The first-order chi connectivity index (χ1) is 16.5. The summed E-state index contributed by atoms with van der Waals surface area (Å²) in [5.74, 6) is -0.833. The van der Waals surface area contributed by atoms with E-state index >= 15 is 0 Å². The maximum atomic E-state index is 12.8. The Hall–Kier alpha value is -0.950. The summed E-state index contributed by atoms with van der Waals surface area (Å²) < 4.78 is 0. The Bertz CT molecular complexity index is 974. The fraction of sp³-hybridized carbons (Fsp3) is 0.900. The summed E-state index contributed by atoms with van der Waals surface area (Å²) in [5, 5.41) is 54.5. The van der Waals surface area contributed by atoms with Crippen LogP contribution in [0.1, 0.15) is 92.9 Å². The molecule has 0 bridgehead atoms. The van der Waals surface area contributed by atoms with E-state index in [1.54, 1.807) is 0 Å². The van der Waals surface area contributed by atoms with E-state index in [4.69, 9.17) is 0 Å². The first-order valence-corrected chi connectivity index (χ1v) is 14.1. The largest absolute Gasteiger partial charge is 0.481 e. The number of fused-ring (bicyclic) bond motifs is 7. The van der Waals surface area contributed by atoms with Crippen molar-refractivity contribution in [2.24, 2.45) is 50.2 Å². The Kier molecular flexibility index (Phi) is 5.77. The minimum absolute atomic E-state index is 0.0888. The first-order valence-electron chi connectivity index (χ1n) is 14.1. The highest BCUT2D eigenvalue weighted by Gasteiger charge is 2.71. The Morgan fingerprint density at radius 1 is 0.917 bits per heavy atom. The number of carbonyl (C=O) groups is 1. The lowest BCUT2D eigenvalue weighted by atomic mass is 9.33. The van der Waals surface area contributed by atoms with E-state index < -0.39 is 35.1 Å². The minimum atomic E-state index is -0.944. The fourth-order valence-electron chi connectivity index (χ4n) is 10.8. The summed E-state index contributed by atoms with van der Waals surface area (Å²) in [5.41, 5.74) is -1.50. The van der Waals surface area contributed by atoms with Crippen molar-refractivity contribution in [2.45, 2.75) is 111 Å². The third-order valence-corrected chi connectivity index (χ3v) is 13.4. The molecule has 4 saturated carbocycles. The molecule has 0 radical (unpaired) electrons. The lowest BCUT2D eigenvalue weighted by Crippen LogP contribution is -2.69. The van der Waals surface area contributed by atoms with Crippen molar-refractivity contribution in [3.8, 4) is 0 Å². The van der Waals surface area contributed by atoms with Crippen LogP contribution < -0.4 is 0 Å². The number of aliphatic hydroxyl groups is 4. The highest BCUT2D eigenvalue weighted by Crippen LogP contribution is 2.75. The van der Waals surface area contributed by atoms with Gasteiger partial charge in [-0.1, -0.05) is 53.2 Å². The predicted molar refractivity (Wildman–Crippen MR) is 137 cm³/mol. The summed E-state index contributed by atoms with van der Waals surface area (Å²) in [4.78, 5) is 12.8. The molecule has 5 N–H and O–H groups in total. The SMILES string of the molecule is CC1(C)CC[C@]2(C(=O)O)CC[C@]3(C)C(=CC[C@@H]4[C@@]5(C)C[C@@H](O)[C@@H](O)[C@](C)(CO)[C@@H]5CC[C@]43C)[C@@H]2[C@@H]1O. The number of hydrogen-bond donors (Lipinski definition) is 5. The van der Waals surface area contributed by atoms with Gasteiger partial charge in [-0.3, -0.25) is 4.79 Å². The van der Waals surface area contributed by atoms with Crippen molar-refractivity contribution in [1.82, 2.24) is 0 Å². The topological polar surface area (TPSA) is 118 Å². The molecule has 0 saturated heterocycles. The standard InChI is InChI=1S/C30H48O6/c1-25(2)11-13-30(24(35)36)14-12-28(5)17(21(30)23(25)34)7-8-20-26(3)15-18(32)22(33)27(4,16-31)19(26)9-10-29(20,28)6/h7,18-23,31-34H,8-16H2,1-6H3,(H,35,36)/t18-,19-,20-,21-,22-,23+,26+,27-,28-,29-,30+/m1/s1. The van der Waals surface area contributed by atoms with Gasteiger partial charge in [-0.05, 0) is 84.9 Å². The van der Waals surface area contributed by atoms with E-state index in [1.807, 2.05) is 6.92 Å². The average molecular weight is 505 g/mol. The number of aliphatic hydroxyl groups excluding tert-OH is 4. The Labute approximate surface area is 216 Å². The second kappa shape index (κ2) is 7.80. The molecule has 5 rings (SSSR count). The Balaban J connectivity index is 1.63. The molecule has 0 aromatic rings. The number of carboxylic acid groups (broad SMARTS) is 1. The normalized spacial score (nSPS) is 55.9. The fourth-order valence-corrected chi connectivity index (χ4v) is 10.8. The zero-order valence-electron chi connectivity index (χ0n) is 23.0. The van der Waals surface area contributed by atoms with Crippen LogP contribution >= 0.6 is 0 Å². The molecular weight excluding hydrogens is 456 g/mol. The monoisotopic (exact) mass is 504 g/mol. The molecule has 0 spiro atoms. The van der Waals surface area contributed by atoms with Gasteiger partial charge in [0.25, 0.3) is 0 Å². The van der Waals surface area contributed by atoms with Gasteiger partial charge >= 0.3 is 5.97 Å². The van der Waals surface area contributed by atoms with Gasteiger partial charge < -0.3 is 25.5 Å². The molecule has 5 aliphatic rings. The van der Waals surface area contributed by atoms with Crippen molar-refractivity contribution in [1.29, 1.82) is 0 Å². The van der Waals surface area contributed by atoms with Crippen LogP contribution in [0, 0.1) is 50.2 Å². The van der Waals surface area contributed by atoms with E-state index in [2.05, 4.69) is 40.7 Å². The molecule has 11 atom stereocenters. The van der Waals surface area contributed by atoms with Gasteiger partial charge in [0, 0.05) is 11.3 Å². The highest BCUT2D eigenvalue weighted by molar-refractivity contribution is 5.77. The molecule has 0 aromatic heterocycles. The summed E-state index contributed by atoms with van der Waals surface area (Å²) in [7, 11) is 0. The molecule has 6 heteroatoms. The molecule has 204 valence electrons. The van der Waals surface area contributed by atoms with E-state index in [-0.39, 0.29) is 46.0 Å². The quantitative estimate of drug-likeness (QED) is 0.361. The Morgan fingerprint density at radius 2 is 1.56 bits per heavy atom. The summed E-state index contributed by atoms with van der Waals surface area (Å²) in [6.07, 6.45) is 5.48. The van der Waals surface area contributed by atoms with Crippen LogP contribution in [0.5, 0.6) is 0 Å². The third-order valence-electron chi connectivity index (χ3n) is 13.4. The van der Waals surface area contributed by atoms with Gasteiger partial charge in [0.2, 0.25) is 0 Å². The van der Waals surface area contributed by atoms with Crippen molar-refractivity contribution in [3.05, 3.63) is 11.6 Å². The highest BCUT2D eigenvalue weighted by atomic mass is 16.4. The molecule has 6 nitrogen and oxygen atoms in total. The van der Waals surface area contributed by atoms with Crippen LogP contribution in [0.4, 0.5) is 0 Å². The van der Waals surface area contributed by atoms with Crippen molar-refractivity contribution in [3.63, 3.8) is 0 Å². The third kappa shape index (κ3) is 2.96. The second-order valence-electron chi connectivity index (χ2n) is 15.0. The zero-order valence-corrected chi connectivity index (χ0v) is 23.0. The van der Waals surface area contributed by atoms with Crippen LogP contribution in [0.25, 0.3) is 0 Å². The lowest BCUT2D eigenvalue weighted by Gasteiger charge is -2.71. The molecule has 4 fully saturated rings. The molecular formula is C30H48O6. The average Bonchev–Trinajstić information content (AvgIpc) is 2.80. The van der Waals surface area contributed by atoms with E-state index in [1.165, 1.54) is 0 Å². The molecule has 0 aromatic carbocycles. The van der Waals surface area contributed by atoms with Crippen molar-refractivity contribution >= 4 is 5.97 Å². The van der Waals surface area contributed by atoms with Gasteiger partial charge in [-0.2, -0.15) is 0 Å². The van der Waals surface area contributed by atoms with E-state index in [0.29, 0.717) is 25.7 Å².